The number of aromatic nitrogens is 1. The first-order chi connectivity index (χ1) is 8.15. The van der Waals surface area contributed by atoms with Crippen molar-refractivity contribution in [3.05, 3.63) is 64.9 Å². The number of carbonyl (C=O) groups is 1. The van der Waals surface area contributed by atoms with Gasteiger partial charge in [0.05, 0.1) is 5.02 Å². The molecule has 0 radical (unpaired) electrons. The van der Waals surface area contributed by atoms with Gasteiger partial charge in [0.2, 0.25) is 12.3 Å². The molecule has 86 valence electrons. The van der Waals surface area contributed by atoms with Gasteiger partial charge < -0.3 is 0 Å². The number of nitrogens with zero attached hydrogens (tertiary/aromatic N) is 1. The number of pyridine rings is 1. The second-order valence-electron chi connectivity index (χ2n) is 3.98. The number of carbonyl (C=O) groups excluding carboxylic acids is 1. The van der Waals surface area contributed by atoms with E-state index in [1.807, 2.05) is 35.8 Å². The highest BCUT2D eigenvalue weighted by molar-refractivity contribution is 6.30. The van der Waals surface area contributed by atoms with Crippen LogP contribution < -0.4 is 4.57 Å². The van der Waals surface area contributed by atoms with Crippen molar-refractivity contribution in [2.45, 2.75) is 13.5 Å². The van der Waals surface area contributed by atoms with E-state index in [1.54, 1.807) is 24.5 Å². The lowest BCUT2D eigenvalue weighted by molar-refractivity contribution is -0.683. The first kappa shape index (κ1) is 11.8. The monoisotopic (exact) mass is 246 g/mol. The molecule has 0 spiro atoms. The highest BCUT2D eigenvalue weighted by atomic mass is 35.5. The second kappa shape index (κ2) is 5.11. The van der Waals surface area contributed by atoms with Gasteiger partial charge in [-0.2, -0.15) is 4.57 Å². The summed E-state index contributed by atoms with van der Waals surface area (Å²) in [5.74, 6) is 0.0947. The van der Waals surface area contributed by atoms with Gasteiger partial charge in [-0.25, -0.2) is 0 Å². The first-order valence-corrected chi connectivity index (χ1v) is 5.77. The minimum absolute atomic E-state index is 0.0947. The van der Waals surface area contributed by atoms with E-state index in [-0.39, 0.29) is 5.78 Å². The normalized spacial score (nSPS) is 10.2. The molecule has 2 rings (SSSR count). The molecule has 0 amide bonds. The molecule has 0 aliphatic carbocycles. The number of aryl methyl sites for hydroxylation is 1. The molecule has 0 aliphatic rings. The van der Waals surface area contributed by atoms with Crippen LogP contribution in [0.4, 0.5) is 0 Å². The molecule has 0 saturated carbocycles. The maximum Gasteiger partial charge on any atom is 0.227 e. The van der Waals surface area contributed by atoms with Crippen molar-refractivity contribution in [2.75, 3.05) is 0 Å². The van der Waals surface area contributed by atoms with Crippen LogP contribution in [0.15, 0.2) is 48.8 Å². The summed E-state index contributed by atoms with van der Waals surface area (Å²) >= 11 is 5.78. The molecule has 0 atom stereocenters. The Labute approximate surface area is 105 Å². The molecular formula is C14H13ClNO+. The van der Waals surface area contributed by atoms with E-state index >= 15 is 0 Å². The van der Waals surface area contributed by atoms with Crippen LogP contribution in [0.3, 0.4) is 0 Å². The Balaban J connectivity index is 2.11. The Kier molecular flexibility index (Phi) is 3.55. The van der Waals surface area contributed by atoms with E-state index in [0.29, 0.717) is 11.6 Å². The molecule has 0 bridgehead atoms. The first-order valence-electron chi connectivity index (χ1n) is 5.39. The average molecular weight is 247 g/mol. The molecule has 1 aromatic carbocycles. The van der Waals surface area contributed by atoms with Crippen LogP contribution in [0.5, 0.6) is 0 Å². The minimum atomic E-state index is 0.0947. The summed E-state index contributed by atoms with van der Waals surface area (Å²) in [7, 11) is 0. The Morgan fingerprint density at radius 2 is 1.71 bits per heavy atom. The van der Waals surface area contributed by atoms with E-state index in [4.69, 9.17) is 11.6 Å². The molecule has 0 saturated heterocycles. The summed E-state index contributed by atoms with van der Waals surface area (Å²) in [5.41, 5.74) is 1.89. The van der Waals surface area contributed by atoms with Crippen LogP contribution in [-0.4, -0.2) is 5.78 Å². The number of halogens is 1. The van der Waals surface area contributed by atoms with Crippen LogP contribution in [0.25, 0.3) is 0 Å². The summed E-state index contributed by atoms with van der Waals surface area (Å²) in [6.45, 7) is 2.34. The molecule has 0 fully saturated rings. The number of rotatable bonds is 3. The third kappa shape index (κ3) is 3.14. The molecule has 1 heterocycles. The zero-order valence-corrected chi connectivity index (χ0v) is 10.3. The lowest BCUT2D eigenvalue weighted by Crippen LogP contribution is -2.36. The van der Waals surface area contributed by atoms with Gasteiger partial charge in [0, 0.05) is 17.7 Å². The Morgan fingerprint density at radius 3 is 2.29 bits per heavy atom. The van der Waals surface area contributed by atoms with Crippen molar-refractivity contribution in [2.24, 2.45) is 0 Å². The maximum absolute atomic E-state index is 12.0. The van der Waals surface area contributed by atoms with Crippen molar-refractivity contribution < 1.29 is 9.36 Å². The van der Waals surface area contributed by atoms with Crippen LogP contribution in [-0.2, 0) is 6.54 Å². The van der Waals surface area contributed by atoms with E-state index in [0.717, 1.165) is 11.1 Å². The van der Waals surface area contributed by atoms with E-state index in [1.165, 1.54) is 0 Å². The summed E-state index contributed by atoms with van der Waals surface area (Å²) in [4.78, 5) is 12.0. The largest absolute Gasteiger partial charge is 0.287 e. The second-order valence-corrected chi connectivity index (χ2v) is 4.41. The van der Waals surface area contributed by atoms with Gasteiger partial charge in [-0.3, -0.25) is 4.79 Å². The fourth-order valence-electron chi connectivity index (χ4n) is 1.54. The quantitative estimate of drug-likeness (QED) is 0.603. The van der Waals surface area contributed by atoms with Crippen LogP contribution >= 0.6 is 11.6 Å². The van der Waals surface area contributed by atoms with Crippen molar-refractivity contribution in [1.29, 1.82) is 0 Å². The summed E-state index contributed by atoms with van der Waals surface area (Å²) < 4.78 is 1.81. The van der Waals surface area contributed by atoms with Crippen LogP contribution in [0.2, 0.25) is 5.02 Å². The molecule has 2 nitrogen and oxygen atoms in total. The van der Waals surface area contributed by atoms with Gasteiger partial charge in [0.25, 0.3) is 0 Å². The predicted molar refractivity (Wildman–Crippen MR) is 67.2 cm³/mol. The van der Waals surface area contributed by atoms with E-state index < -0.39 is 0 Å². The number of hydrogen-bond acceptors (Lipinski definition) is 1. The van der Waals surface area contributed by atoms with Gasteiger partial charge in [-0.05, 0) is 6.92 Å². The molecule has 17 heavy (non-hydrogen) atoms. The van der Waals surface area contributed by atoms with Crippen molar-refractivity contribution >= 4 is 17.4 Å². The highest BCUT2D eigenvalue weighted by Crippen LogP contribution is 2.05. The van der Waals surface area contributed by atoms with Gasteiger partial charge in [-0.15, -0.1) is 0 Å². The zero-order valence-electron chi connectivity index (χ0n) is 9.56. The van der Waals surface area contributed by atoms with E-state index in [2.05, 4.69) is 0 Å². The molecule has 0 aliphatic heterocycles. The Morgan fingerprint density at radius 1 is 1.12 bits per heavy atom. The Hall–Kier alpha value is -1.67. The van der Waals surface area contributed by atoms with Crippen molar-refractivity contribution in [3.8, 4) is 0 Å². The number of Topliss-reactive ketones (excluding diaryl/α,β-unsaturated/α-hetero) is 1. The number of benzene rings is 1. The van der Waals surface area contributed by atoms with Crippen LogP contribution in [0, 0.1) is 6.92 Å². The van der Waals surface area contributed by atoms with Gasteiger partial charge >= 0.3 is 0 Å². The van der Waals surface area contributed by atoms with Crippen molar-refractivity contribution in [3.63, 3.8) is 0 Å². The Bertz CT molecular complexity index is 517. The zero-order chi connectivity index (χ0) is 12.3. The standard InChI is InChI=1S/C14H13ClNO/c1-11-2-4-12(5-3-11)14(17)10-16-8-6-13(15)7-9-16/h2-9H,10H2,1H3/q+1. The van der Waals surface area contributed by atoms with Gasteiger partial charge in [-0.1, -0.05) is 41.4 Å². The van der Waals surface area contributed by atoms with Crippen LogP contribution in [0.1, 0.15) is 15.9 Å². The summed E-state index contributed by atoms with van der Waals surface area (Å²) in [6.07, 6.45) is 3.60. The lowest BCUT2D eigenvalue weighted by atomic mass is 10.1. The smallest absolute Gasteiger partial charge is 0.227 e. The molecule has 0 N–H and O–H groups in total. The number of ketones is 1. The molecule has 2 aromatic rings. The van der Waals surface area contributed by atoms with Crippen molar-refractivity contribution in [1.82, 2.24) is 0 Å². The highest BCUT2D eigenvalue weighted by Gasteiger charge is 2.11. The fraction of sp³-hybridized carbons (Fsp3) is 0.143. The molecule has 3 heteroatoms. The number of hydrogen-bond donors (Lipinski definition) is 0. The average Bonchev–Trinajstić information content (AvgIpc) is 2.33. The summed E-state index contributed by atoms with van der Waals surface area (Å²) in [6, 6.07) is 11.1. The minimum Gasteiger partial charge on any atom is -0.287 e. The molecule has 1 aromatic heterocycles. The topological polar surface area (TPSA) is 20.9 Å². The maximum atomic E-state index is 12.0. The molecule has 0 unspecified atom stereocenters. The third-order valence-corrected chi connectivity index (χ3v) is 2.80. The third-order valence-electron chi connectivity index (χ3n) is 2.55. The van der Waals surface area contributed by atoms with E-state index in [9.17, 15) is 4.79 Å². The SMILES string of the molecule is Cc1ccc(C(=O)C[n+]2ccc(Cl)cc2)cc1. The fourth-order valence-corrected chi connectivity index (χ4v) is 1.65. The van der Waals surface area contributed by atoms with Gasteiger partial charge in [0.15, 0.2) is 12.4 Å². The summed E-state index contributed by atoms with van der Waals surface area (Å²) in [5, 5.41) is 0.670. The predicted octanol–water partition coefficient (Wildman–Crippen LogP) is 2.82. The van der Waals surface area contributed by atoms with Gasteiger partial charge in [0.1, 0.15) is 0 Å². The lowest BCUT2D eigenvalue weighted by Gasteiger charge is -1.99. The molecular weight excluding hydrogens is 234 g/mol.